The molecule has 0 fully saturated rings. The summed E-state index contributed by atoms with van der Waals surface area (Å²) < 4.78 is 0. The highest BCUT2D eigenvalue weighted by atomic mass is 16.4. The maximum Gasteiger partial charge on any atom is 0.320 e. The molecule has 5 heteroatoms. The van der Waals surface area contributed by atoms with Crippen LogP contribution in [0.15, 0.2) is 0 Å². The van der Waals surface area contributed by atoms with Crippen LogP contribution in [0.25, 0.3) is 0 Å². The van der Waals surface area contributed by atoms with Gasteiger partial charge in [-0.2, -0.15) is 0 Å². The van der Waals surface area contributed by atoms with E-state index in [-0.39, 0.29) is 11.8 Å². The van der Waals surface area contributed by atoms with Gasteiger partial charge in [-0.05, 0) is 19.3 Å². The van der Waals surface area contributed by atoms with Crippen LogP contribution in [0.5, 0.6) is 0 Å². The lowest BCUT2D eigenvalue weighted by Crippen LogP contribution is -2.31. The van der Waals surface area contributed by atoms with E-state index in [4.69, 9.17) is 10.8 Å². The zero-order chi connectivity index (χ0) is 11.8. The van der Waals surface area contributed by atoms with E-state index in [1.807, 2.05) is 13.8 Å². The fraction of sp³-hybridized carbons (Fsp3) is 0.800. The van der Waals surface area contributed by atoms with Gasteiger partial charge in [-0.3, -0.25) is 9.59 Å². The van der Waals surface area contributed by atoms with E-state index in [1.54, 1.807) is 0 Å². The van der Waals surface area contributed by atoms with Crippen LogP contribution in [0.2, 0.25) is 0 Å². The number of aliphatic carboxylic acids is 1. The van der Waals surface area contributed by atoms with Gasteiger partial charge in [0.25, 0.3) is 0 Å². The Morgan fingerprint density at radius 2 is 1.93 bits per heavy atom. The van der Waals surface area contributed by atoms with Crippen LogP contribution in [0.1, 0.15) is 33.1 Å². The second-order valence-corrected chi connectivity index (χ2v) is 3.89. The molecule has 0 aliphatic heterocycles. The molecule has 5 nitrogen and oxygen atoms in total. The molecule has 0 aromatic rings. The van der Waals surface area contributed by atoms with E-state index in [2.05, 4.69) is 5.32 Å². The minimum Gasteiger partial charge on any atom is -0.480 e. The Balaban J connectivity index is 3.40. The zero-order valence-corrected chi connectivity index (χ0v) is 9.32. The summed E-state index contributed by atoms with van der Waals surface area (Å²) in [5.74, 6) is -0.954. The molecule has 0 aliphatic carbocycles. The predicted molar refractivity (Wildman–Crippen MR) is 57.3 cm³/mol. The minimum atomic E-state index is -0.971. The van der Waals surface area contributed by atoms with Gasteiger partial charge in [-0.15, -0.1) is 0 Å². The van der Waals surface area contributed by atoms with Gasteiger partial charge in [0.2, 0.25) is 5.91 Å². The summed E-state index contributed by atoms with van der Waals surface area (Å²) in [5, 5.41) is 11.3. The first-order valence-electron chi connectivity index (χ1n) is 5.21. The van der Waals surface area contributed by atoms with Gasteiger partial charge in [0.1, 0.15) is 6.04 Å². The van der Waals surface area contributed by atoms with Crippen molar-refractivity contribution in [3.63, 3.8) is 0 Å². The highest BCUT2D eigenvalue weighted by molar-refractivity contribution is 5.77. The minimum absolute atomic E-state index is 0.00808. The highest BCUT2D eigenvalue weighted by Crippen LogP contribution is 1.99. The van der Waals surface area contributed by atoms with E-state index >= 15 is 0 Å². The molecule has 0 aromatic heterocycles. The molecule has 88 valence electrons. The normalized spacial score (nSPS) is 12.5. The van der Waals surface area contributed by atoms with E-state index in [0.29, 0.717) is 19.4 Å². The topological polar surface area (TPSA) is 92.4 Å². The summed E-state index contributed by atoms with van der Waals surface area (Å²) in [6.07, 6.45) is 1.93. The van der Waals surface area contributed by atoms with Crippen molar-refractivity contribution in [3.05, 3.63) is 0 Å². The van der Waals surface area contributed by atoms with Gasteiger partial charge in [-0.1, -0.05) is 13.8 Å². The average Bonchev–Trinajstić information content (AvgIpc) is 2.16. The van der Waals surface area contributed by atoms with Crippen molar-refractivity contribution in [1.29, 1.82) is 0 Å². The van der Waals surface area contributed by atoms with Gasteiger partial charge in [0.15, 0.2) is 0 Å². The molecule has 0 aromatic carbocycles. The molecular weight excluding hydrogens is 196 g/mol. The molecule has 0 aliphatic rings. The Morgan fingerprint density at radius 1 is 1.33 bits per heavy atom. The van der Waals surface area contributed by atoms with Gasteiger partial charge < -0.3 is 16.2 Å². The summed E-state index contributed by atoms with van der Waals surface area (Å²) in [7, 11) is 0. The Hall–Kier alpha value is -1.10. The molecule has 0 saturated heterocycles. The summed E-state index contributed by atoms with van der Waals surface area (Å²) in [6.45, 7) is 4.24. The van der Waals surface area contributed by atoms with Crippen LogP contribution in [0, 0.1) is 5.92 Å². The number of nitrogens with one attached hydrogen (secondary N) is 1. The lowest BCUT2D eigenvalue weighted by molar-refractivity contribution is -0.138. The molecule has 1 unspecified atom stereocenters. The molecule has 15 heavy (non-hydrogen) atoms. The van der Waals surface area contributed by atoms with Crippen molar-refractivity contribution < 1.29 is 14.7 Å². The predicted octanol–water partition coefficient (Wildman–Crippen LogP) is 0.341. The third kappa shape index (κ3) is 6.90. The summed E-state index contributed by atoms with van der Waals surface area (Å²) in [6, 6.07) is -0.786. The van der Waals surface area contributed by atoms with Gasteiger partial charge >= 0.3 is 5.97 Å². The fourth-order valence-corrected chi connectivity index (χ4v) is 1.03. The van der Waals surface area contributed by atoms with Crippen LogP contribution in [-0.2, 0) is 9.59 Å². The van der Waals surface area contributed by atoms with Crippen molar-refractivity contribution >= 4 is 11.9 Å². The number of amides is 1. The summed E-state index contributed by atoms with van der Waals surface area (Å²) in [4.78, 5) is 21.5. The second kappa shape index (κ2) is 7.23. The molecule has 1 atom stereocenters. The lowest BCUT2D eigenvalue weighted by Gasteiger charge is -2.08. The number of rotatable bonds is 7. The van der Waals surface area contributed by atoms with Crippen LogP contribution < -0.4 is 11.1 Å². The Bertz CT molecular complexity index is 217. The monoisotopic (exact) mass is 216 g/mol. The molecule has 0 bridgehead atoms. The molecule has 0 rings (SSSR count). The van der Waals surface area contributed by atoms with Crippen molar-refractivity contribution in [2.24, 2.45) is 11.7 Å². The molecule has 0 heterocycles. The molecule has 0 saturated carbocycles. The highest BCUT2D eigenvalue weighted by Gasteiger charge is 2.10. The number of unbranched alkanes of at least 4 members (excludes halogenated alkanes) is 1. The number of carbonyl (C=O) groups is 2. The van der Waals surface area contributed by atoms with E-state index < -0.39 is 12.0 Å². The number of nitrogens with two attached hydrogens (primary N) is 1. The van der Waals surface area contributed by atoms with Crippen molar-refractivity contribution in [3.8, 4) is 0 Å². The molecule has 0 radical (unpaired) electrons. The second-order valence-electron chi connectivity index (χ2n) is 3.89. The first-order valence-corrected chi connectivity index (χ1v) is 5.21. The smallest absolute Gasteiger partial charge is 0.320 e. The largest absolute Gasteiger partial charge is 0.480 e. The summed E-state index contributed by atoms with van der Waals surface area (Å²) >= 11 is 0. The molecule has 4 N–H and O–H groups in total. The van der Waals surface area contributed by atoms with Gasteiger partial charge in [0, 0.05) is 12.5 Å². The standard InChI is InChI=1S/C10H20N2O3/c1-7(2)9(13)12-6-4-3-5-8(11)10(14)15/h7-8H,3-6,11H2,1-2H3,(H,12,13)(H,14,15). The zero-order valence-electron chi connectivity index (χ0n) is 9.32. The first-order chi connectivity index (χ1) is 6.95. The number of hydrogen-bond acceptors (Lipinski definition) is 3. The fourth-order valence-electron chi connectivity index (χ4n) is 1.03. The van der Waals surface area contributed by atoms with Crippen LogP contribution in [0.4, 0.5) is 0 Å². The van der Waals surface area contributed by atoms with E-state index in [0.717, 1.165) is 6.42 Å². The first kappa shape index (κ1) is 13.9. The SMILES string of the molecule is CC(C)C(=O)NCCCCC(N)C(=O)O. The quantitative estimate of drug-likeness (QED) is 0.535. The molecular formula is C10H20N2O3. The third-order valence-electron chi connectivity index (χ3n) is 2.08. The lowest BCUT2D eigenvalue weighted by atomic mass is 10.1. The Morgan fingerprint density at radius 3 is 2.40 bits per heavy atom. The van der Waals surface area contributed by atoms with Crippen molar-refractivity contribution in [2.45, 2.75) is 39.2 Å². The molecule has 0 spiro atoms. The number of hydrogen-bond donors (Lipinski definition) is 3. The Kier molecular flexibility index (Phi) is 6.70. The Labute approximate surface area is 90.0 Å². The maximum absolute atomic E-state index is 11.1. The van der Waals surface area contributed by atoms with Crippen molar-refractivity contribution in [1.82, 2.24) is 5.32 Å². The van der Waals surface area contributed by atoms with Gasteiger partial charge in [0.05, 0.1) is 0 Å². The maximum atomic E-state index is 11.1. The number of carboxylic acids is 1. The van der Waals surface area contributed by atoms with Crippen LogP contribution in [0.3, 0.4) is 0 Å². The molecule has 1 amide bonds. The average molecular weight is 216 g/mol. The van der Waals surface area contributed by atoms with Crippen molar-refractivity contribution in [2.75, 3.05) is 6.54 Å². The number of carboxylic acid groups (broad SMARTS) is 1. The van der Waals surface area contributed by atoms with E-state index in [1.165, 1.54) is 0 Å². The van der Waals surface area contributed by atoms with Gasteiger partial charge in [-0.25, -0.2) is 0 Å². The van der Waals surface area contributed by atoms with Crippen LogP contribution >= 0.6 is 0 Å². The third-order valence-corrected chi connectivity index (χ3v) is 2.08. The number of carbonyl (C=O) groups excluding carboxylic acids is 1. The van der Waals surface area contributed by atoms with Crippen LogP contribution in [-0.4, -0.2) is 29.6 Å². The van der Waals surface area contributed by atoms with E-state index in [9.17, 15) is 9.59 Å². The summed E-state index contributed by atoms with van der Waals surface area (Å²) in [5.41, 5.74) is 5.32.